The zero-order chi connectivity index (χ0) is 5.98. The maximum Gasteiger partial charge on any atom is 0.0604 e. The van der Waals surface area contributed by atoms with Crippen molar-refractivity contribution in [3.05, 3.63) is 6.92 Å². The molecule has 0 heterocycles. The Bertz CT molecular complexity index is 66.8. The van der Waals surface area contributed by atoms with E-state index in [0.717, 1.165) is 12.5 Å². The van der Waals surface area contributed by atoms with Gasteiger partial charge in [-0.05, 0) is 32.6 Å². The van der Waals surface area contributed by atoms with Crippen LogP contribution in [0, 0.1) is 12.8 Å². The van der Waals surface area contributed by atoms with Crippen LogP contribution in [-0.4, -0.2) is 12.7 Å². The molecular formula is C7H13O. The molecule has 1 heteroatoms. The van der Waals surface area contributed by atoms with Gasteiger partial charge in [0.05, 0.1) is 6.10 Å². The highest BCUT2D eigenvalue weighted by Gasteiger charge is 2.27. The molecule has 1 rings (SSSR count). The first-order chi connectivity index (χ1) is 3.84. The summed E-state index contributed by atoms with van der Waals surface area (Å²) >= 11 is 0. The lowest BCUT2D eigenvalue weighted by molar-refractivity contribution is 0.0793. The van der Waals surface area contributed by atoms with Crippen LogP contribution in [0.15, 0.2) is 0 Å². The van der Waals surface area contributed by atoms with Crippen LogP contribution in [0.4, 0.5) is 0 Å². The molecule has 0 saturated heterocycles. The van der Waals surface area contributed by atoms with E-state index in [1.807, 2.05) is 6.92 Å². The van der Waals surface area contributed by atoms with E-state index in [1.54, 1.807) is 0 Å². The van der Waals surface area contributed by atoms with Crippen LogP contribution >= 0.6 is 0 Å². The fourth-order valence-electron chi connectivity index (χ4n) is 0.818. The van der Waals surface area contributed by atoms with Crippen LogP contribution in [0.1, 0.15) is 19.8 Å². The standard InChI is InChI=1S/C7H13O/c1-3-8-6(2)7-4-5-7/h6-7H,2-5H2,1H3. The Morgan fingerprint density at radius 3 is 2.75 bits per heavy atom. The van der Waals surface area contributed by atoms with Gasteiger partial charge in [-0.15, -0.1) is 0 Å². The smallest absolute Gasteiger partial charge is 0.0604 e. The van der Waals surface area contributed by atoms with Crippen LogP contribution in [0.3, 0.4) is 0 Å². The van der Waals surface area contributed by atoms with Gasteiger partial charge < -0.3 is 4.74 Å². The van der Waals surface area contributed by atoms with Gasteiger partial charge in [-0.25, -0.2) is 0 Å². The van der Waals surface area contributed by atoms with Crippen molar-refractivity contribution in [1.82, 2.24) is 0 Å². The fourth-order valence-corrected chi connectivity index (χ4v) is 0.818. The molecule has 1 unspecified atom stereocenters. The van der Waals surface area contributed by atoms with E-state index in [1.165, 1.54) is 12.8 Å². The molecular weight excluding hydrogens is 100 g/mol. The van der Waals surface area contributed by atoms with E-state index in [-0.39, 0.29) is 6.10 Å². The second-order valence-corrected chi connectivity index (χ2v) is 2.33. The molecule has 0 N–H and O–H groups in total. The third kappa shape index (κ3) is 1.48. The molecule has 47 valence electrons. The van der Waals surface area contributed by atoms with Crippen LogP contribution in [-0.2, 0) is 4.74 Å². The van der Waals surface area contributed by atoms with Crippen molar-refractivity contribution in [3.63, 3.8) is 0 Å². The van der Waals surface area contributed by atoms with Gasteiger partial charge in [-0.3, -0.25) is 0 Å². The molecule has 1 aliphatic carbocycles. The maximum atomic E-state index is 5.25. The third-order valence-electron chi connectivity index (χ3n) is 1.53. The van der Waals surface area contributed by atoms with Gasteiger partial charge in [0, 0.05) is 6.61 Å². The zero-order valence-corrected chi connectivity index (χ0v) is 5.39. The minimum absolute atomic E-state index is 0.278. The SMILES string of the molecule is [CH2]C(OCC)C1CC1. The van der Waals surface area contributed by atoms with Gasteiger partial charge in [-0.2, -0.15) is 0 Å². The molecule has 8 heavy (non-hydrogen) atoms. The van der Waals surface area contributed by atoms with Gasteiger partial charge in [0.1, 0.15) is 0 Å². The van der Waals surface area contributed by atoms with Gasteiger partial charge in [0.25, 0.3) is 0 Å². The maximum absolute atomic E-state index is 5.25. The highest BCUT2D eigenvalue weighted by Crippen LogP contribution is 2.33. The Morgan fingerprint density at radius 2 is 2.38 bits per heavy atom. The minimum Gasteiger partial charge on any atom is -0.378 e. The fraction of sp³-hybridized carbons (Fsp3) is 0.857. The molecule has 0 aromatic heterocycles. The largest absolute Gasteiger partial charge is 0.378 e. The van der Waals surface area contributed by atoms with Crippen LogP contribution < -0.4 is 0 Å². The number of hydrogen-bond donors (Lipinski definition) is 0. The summed E-state index contributed by atoms with van der Waals surface area (Å²) < 4.78 is 5.25. The summed E-state index contributed by atoms with van der Waals surface area (Å²) in [7, 11) is 0. The van der Waals surface area contributed by atoms with Gasteiger partial charge >= 0.3 is 0 Å². The number of rotatable bonds is 3. The summed E-state index contributed by atoms with van der Waals surface area (Å²) in [6, 6.07) is 0. The second kappa shape index (κ2) is 2.49. The Labute approximate surface area is 51.0 Å². The lowest BCUT2D eigenvalue weighted by atomic mass is 10.3. The second-order valence-electron chi connectivity index (χ2n) is 2.33. The first-order valence-electron chi connectivity index (χ1n) is 3.29. The highest BCUT2D eigenvalue weighted by atomic mass is 16.5. The van der Waals surface area contributed by atoms with Gasteiger partial charge in [-0.1, -0.05) is 0 Å². The average Bonchev–Trinajstić information content (AvgIpc) is 2.45. The van der Waals surface area contributed by atoms with E-state index in [2.05, 4.69) is 6.92 Å². The first-order valence-corrected chi connectivity index (χ1v) is 3.29. The van der Waals surface area contributed by atoms with Crippen LogP contribution in [0.5, 0.6) is 0 Å². The molecule has 0 aliphatic heterocycles. The normalized spacial score (nSPS) is 23.2. The van der Waals surface area contributed by atoms with Crippen molar-refractivity contribution in [2.24, 2.45) is 5.92 Å². The van der Waals surface area contributed by atoms with E-state index in [9.17, 15) is 0 Å². The van der Waals surface area contributed by atoms with Crippen molar-refractivity contribution in [1.29, 1.82) is 0 Å². The molecule has 1 radical (unpaired) electrons. The molecule has 1 aliphatic rings. The number of hydrogen-bond acceptors (Lipinski definition) is 1. The topological polar surface area (TPSA) is 9.23 Å². The van der Waals surface area contributed by atoms with Crippen molar-refractivity contribution >= 4 is 0 Å². The van der Waals surface area contributed by atoms with Crippen LogP contribution in [0.25, 0.3) is 0 Å². The molecule has 0 aromatic rings. The van der Waals surface area contributed by atoms with Crippen LogP contribution in [0.2, 0.25) is 0 Å². The van der Waals surface area contributed by atoms with Crippen molar-refractivity contribution in [2.75, 3.05) is 6.61 Å². The highest BCUT2D eigenvalue weighted by molar-refractivity contribution is 4.83. The summed E-state index contributed by atoms with van der Waals surface area (Å²) in [6.07, 6.45) is 2.93. The summed E-state index contributed by atoms with van der Waals surface area (Å²) in [5, 5.41) is 0. The zero-order valence-electron chi connectivity index (χ0n) is 5.39. The average molecular weight is 113 g/mol. The molecule has 0 amide bonds. The summed E-state index contributed by atoms with van der Waals surface area (Å²) in [6.45, 7) is 6.69. The van der Waals surface area contributed by atoms with Crippen molar-refractivity contribution in [3.8, 4) is 0 Å². The lowest BCUT2D eigenvalue weighted by Gasteiger charge is -2.07. The molecule has 1 nitrogen and oxygen atoms in total. The van der Waals surface area contributed by atoms with E-state index >= 15 is 0 Å². The Kier molecular flexibility index (Phi) is 1.90. The lowest BCUT2D eigenvalue weighted by Crippen LogP contribution is -2.09. The monoisotopic (exact) mass is 113 g/mol. The van der Waals surface area contributed by atoms with E-state index in [0.29, 0.717) is 0 Å². The van der Waals surface area contributed by atoms with Crippen molar-refractivity contribution < 1.29 is 4.74 Å². The van der Waals surface area contributed by atoms with Gasteiger partial charge in [0.15, 0.2) is 0 Å². The third-order valence-corrected chi connectivity index (χ3v) is 1.53. The first kappa shape index (κ1) is 6.09. The summed E-state index contributed by atoms with van der Waals surface area (Å²) in [4.78, 5) is 0. The molecule has 0 aromatic carbocycles. The molecule has 0 spiro atoms. The summed E-state index contributed by atoms with van der Waals surface area (Å²) in [5.41, 5.74) is 0. The van der Waals surface area contributed by atoms with Crippen molar-refractivity contribution in [2.45, 2.75) is 25.9 Å². The quantitative estimate of drug-likeness (QED) is 0.540. The molecule has 0 bridgehead atoms. The van der Waals surface area contributed by atoms with Gasteiger partial charge in [0.2, 0.25) is 0 Å². The molecule has 1 saturated carbocycles. The Balaban J connectivity index is 2.03. The van der Waals surface area contributed by atoms with E-state index in [4.69, 9.17) is 4.74 Å². The minimum atomic E-state index is 0.278. The predicted octanol–water partition coefficient (Wildman–Crippen LogP) is 1.64. The Hall–Kier alpha value is -0.0400. The molecule has 1 atom stereocenters. The predicted molar refractivity (Wildman–Crippen MR) is 33.5 cm³/mol. The van der Waals surface area contributed by atoms with E-state index < -0.39 is 0 Å². The molecule has 1 fully saturated rings. The summed E-state index contributed by atoms with van der Waals surface area (Å²) in [5.74, 6) is 0.787. The Morgan fingerprint density at radius 1 is 1.75 bits per heavy atom. The number of ether oxygens (including phenoxy) is 1.